The van der Waals surface area contributed by atoms with E-state index in [9.17, 15) is 38.4 Å². The lowest BCUT2D eigenvalue weighted by molar-refractivity contribution is 0.0575. The molecular weight excluding hydrogens is 1160 g/mol. The summed E-state index contributed by atoms with van der Waals surface area (Å²) in [5.41, 5.74) is 7.82. The van der Waals surface area contributed by atoms with E-state index in [-0.39, 0.29) is 108 Å². The van der Waals surface area contributed by atoms with Crippen molar-refractivity contribution >= 4 is 29.3 Å². The van der Waals surface area contributed by atoms with Crippen molar-refractivity contribution in [2.24, 2.45) is 0 Å². The SMILES string of the molecule is Nc1ccc(CCN(CCCN(CCCCN(CCCNC(=O)c2cccc(=O)n2OCc2ccccc2)C(=O)c2cccc(=O)n2OCc2ccccc2)C(=O)c2cccn(OCc3ccccc3)c2=O)C(=O)c2cccn(OCc3ccccc3)c2=O)cc1. The first-order valence-corrected chi connectivity index (χ1v) is 30.0. The summed E-state index contributed by atoms with van der Waals surface area (Å²) >= 11 is 0. The average molecular weight is 1230 g/mol. The van der Waals surface area contributed by atoms with Crippen LogP contribution in [0.2, 0.25) is 0 Å². The van der Waals surface area contributed by atoms with E-state index in [4.69, 9.17) is 25.1 Å². The average Bonchev–Trinajstić information content (AvgIpc) is 1.40. The van der Waals surface area contributed by atoms with Gasteiger partial charge in [0.05, 0.1) is 0 Å². The predicted octanol–water partition coefficient (Wildman–Crippen LogP) is 6.39. The van der Waals surface area contributed by atoms with Gasteiger partial charge >= 0.3 is 0 Å². The summed E-state index contributed by atoms with van der Waals surface area (Å²) in [7, 11) is 0. The number of nitrogens with zero attached hydrogens (tertiary/aromatic N) is 7. The zero-order valence-corrected chi connectivity index (χ0v) is 50.2. The molecule has 0 spiro atoms. The number of carbonyl (C=O) groups excluding carboxylic acids is 4. The van der Waals surface area contributed by atoms with Crippen LogP contribution in [0.4, 0.5) is 5.69 Å². The maximum atomic E-state index is 14.9. The second-order valence-electron chi connectivity index (χ2n) is 21.3. The maximum absolute atomic E-state index is 14.9. The van der Waals surface area contributed by atoms with E-state index in [1.165, 1.54) is 70.7 Å². The van der Waals surface area contributed by atoms with Gasteiger partial charge in [-0.05, 0) is 108 Å². The Morgan fingerprint density at radius 2 is 0.769 bits per heavy atom. The molecule has 4 heterocycles. The topological polar surface area (TPSA) is 241 Å². The smallest absolute Gasteiger partial charge is 0.295 e. The third-order valence-electron chi connectivity index (χ3n) is 14.8. The van der Waals surface area contributed by atoms with Gasteiger partial charge in [0.2, 0.25) is 0 Å². The molecule has 0 radical (unpaired) electrons. The molecule has 5 aromatic carbocycles. The van der Waals surface area contributed by atoms with E-state index in [1.54, 1.807) is 29.2 Å². The summed E-state index contributed by atoms with van der Waals surface area (Å²) in [4.78, 5) is 141. The van der Waals surface area contributed by atoms with Gasteiger partial charge in [0.1, 0.15) is 48.9 Å². The maximum Gasteiger partial charge on any atom is 0.295 e. The number of carbonyl (C=O) groups is 4. The molecule has 0 unspecified atom stereocenters. The standard InChI is InChI=1S/C70H71N9O12/c71-58-37-35-53(36-38-58)39-48-75(67(84)60-30-18-47-77(69(60)86)89-50-55-23-7-2-8-24-55)45-20-44-73(66(83)59-29-17-46-76(68(59)85)88-49-54-21-5-1-6-22-54)41-13-14-42-74(70(87)62-32-16-34-64(81)79(62)91-52-57-27-11-4-12-28-57)43-19-40-72-65(82)61-31-15-33-63(80)78(61)90-51-56-25-9-3-10-26-56/h1-12,15-18,21-38,46-47H,13-14,19-20,39-45,48-52,71H2,(H,72,82). The van der Waals surface area contributed by atoms with Gasteiger partial charge in [0.15, 0.2) is 0 Å². The number of nitrogens with two attached hydrogens (primary N) is 1. The van der Waals surface area contributed by atoms with Gasteiger partial charge in [0.25, 0.3) is 45.9 Å². The summed E-state index contributed by atoms with van der Waals surface area (Å²) in [6.45, 7) is 0.786. The Morgan fingerprint density at radius 1 is 0.374 bits per heavy atom. The van der Waals surface area contributed by atoms with Crippen LogP contribution in [0.25, 0.3) is 0 Å². The molecule has 91 heavy (non-hydrogen) atoms. The molecule has 0 aliphatic rings. The lowest BCUT2D eigenvalue weighted by atomic mass is 10.1. The second kappa shape index (κ2) is 32.7. The molecule has 0 bridgehead atoms. The number of pyridine rings is 4. The zero-order chi connectivity index (χ0) is 63.7. The van der Waals surface area contributed by atoms with Gasteiger partial charge in [-0.3, -0.25) is 38.4 Å². The van der Waals surface area contributed by atoms with E-state index < -0.39 is 45.9 Å². The Hall–Kier alpha value is -11.2. The number of rotatable bonds is 32. The molecule has 0 atom stereocenters. The van der Waals surface area contributed by atoms with Crippen molar-refractivity contribution in [2.75, 3.05) is 51.5 Å². The number of aromatic nitrogens is 4. The molecular formula is C70H71N9O12. The van der Waals surface area contributed by atoms with Crippen molar-refractivity contribution in [2.45, 2.75) is 58.5 Å². The fraction of sp³-hybridized carbons (Fsp3) is 0.229. The summed E-state index contributed by atoms with van der Waals surface area (Å²) in [6.07, 6.45) is 4.32. The number of nitrogens with one attached hydrogen (secondary N) is 1. The zero-order valence-electron chi connectivity index (χ0n) is 50.2. The van der Waals surface area contributed by atoms with Gasteiger partial charge in [-0.1, -0.05) is 146 Å². The third-order valence-corrected chi connectivity index (χ3v) is 14.8. The Kier molecular flexibility index (Phi) is 23.1. The second-order valence-corrected chi connectivity index (χ2v) is 21.3. The monoisotopic (exact) mass is 1230 g/mol. The summed E-state index contributed by atoms with van der Waals surface area (Å²) in [5, 5.41) is 2.84. The minimum absolute atomic E-state index is 0.0171. The number of benzene rings is 5. The molecule has 21 heteroatoms. The molecule has 9 aromatic rings. The lowest BCUT2D eigenvalue weighted by Crippen LogP contribution is -2.42. The number of anilines is 1. The van der Waals surface area contributed by atoms with Crippen molar-refractivity contribution in [1.29, 1.82) is 0 Å². The molecule has 21 nitrogen and oxygen atoms in total. The molecule has 0 fully saturated rings. The van der Waals surface area contributed by atoms with Crippen LogP contribution in [0.15, 0.2) is 238 Å². The largest absolute Gasteiger partial charge is 0.406 e. The van der Waals surface area contributed by atoms with Crippen molar-refractivity contribution < 1.29 is 38.5 Å². The summed E-state index contributed by atoms with van der Waals surface area (Å²) < 4.78 is 3.95. The molecule has 4 aromatic heterocycles. The fourth-order valence-corrected chi connectivity index (χ4v) is 9.90. The highest BCUT2D eigenvalue weighted by molar-refractivity contribution is 5.95. The highest BCUT2D eigenvalue weighted by atomic mass is 16.7. The minimum atomic E-state index is -0.689. The number of hydrogen-bond donors (Lipinski definition) is 2. The van der Waals surface area contributed by atoms with Crippen LogP contribution in [-0.4, -0.2) is 103 Å². The van der Waals surface area contributed by atoms with Crippen molar-refractivity contribution in [1.82, 2.24) is 38.9 Å². The van der Waals surface area contributed by atoms with E-state index in [0.29, 0.717) is 24.9 Å². The summed E-state index contributed by atoms with van der Waals surface area (Å²) in [5.74, 6) is -2.29. The van der Waals surface area contributed by atoms with Gasteiger partial charge in [-0.25, -0.2) is 0 Å². The number of unbranched alkanes of at least 4 members (excludes halogenated alkanes) is 1. The quantitative estimate of drug-likeness (QED) is 0.0344. The highest BCUT2D eigenvalue weighted by Gasteiger charge is 2.26. The molecule has 0 aliphatic heterocycles. The molecule has 9 rings (SSSR count). The lowest BCUT2D eigenvalue weighted by Gasteiger charge is -2.27. The predicted molar refractivity (Wildman–Crippen MR) is 343 cm³/mol. The molecule has 4 amide bonds. The first-order valence-electron chi connectivity index (χ1n) is 30.0. The van der Waals surface area contributed by atoms with E-state index in [2.05, 4.69) is 5.32 Å². The van der Waals surface area contributed by atoms with Gasteiger partial charge < -0.3 is 45.1 Å². The van der Waals surface area contributed by atoms with Gasteiger partial charge in [-0.15, -0.1) is 9.46 Å². The van der Waals surface area contributed by atoms with Gasteiger partial charge in [0, 0.05) is 76.0 Å². The molecule has 0 saturated carbocycles. The molecule has 0 saturated heterocycles. The first kappa shape index (κ1) is 64.3. The number of amides is 4. The highest BCUT2D eigenvalue weighted by Crippen LogP contribution is 2.14. The fourth-order valence-electron chi connectivity index (χ4n) is 9.90. The Labute approximate surface area is 525 Å². The molecule has 3 N–H and O–H groups in total. The number of nitrogen functional groups attached to an aromatic ring is 1. The van der Waals surface area contributed by atoms with Crippen molar-refractivity contribution in [3.05, 3.63) is 310 Å². The van der Waals surface area contributed by atoms with Crippen LogP contribution in [0.1, 0.15) is 95.2 Å². The van der Waals surface area contributed by atoms with Crippen LogP contribution in [0, 0.1) is 0 Å². The third kappa shape index (κ3) is 18.2. The Morgan fingerprint density at radius 3 is 1.24 bits per heavy atom. The van der Waals surface area contributed by atoms with Crippen molar-refractivity contribution in [3.8, 4) is 0 Å². The van der Waals surface area contributed by atoms with Crippen LogP contribution < -0.4 is 52.6 Å². The normalized spacial score (nSPS) is 10.9. The number of hydrogen-bond acceptors (Lipinski definition) is 13. The van der Waals surface area contributed by atoms with E-state index in [1.807, 2.05) is 133 Å². The Bertz CT molecular complexity index is 4110. The van der Waals surface area contributed by atoms with E-state index in [0.717, 1.165) is 46.7 Å². The minimum Gasteiger partial charge on any atom is -0.406 e. The van der Waals surface area contributed by atoms with Gasteiger partial charge in [-0.2, -0.15) is 9.46 Å². The summed E-state index contributed by atoms with van der Waals surface area (Å²) in [6, 6.07) is 58.6. The first-order chi connectivity index (χ1) is 44.4. The van der Waals surface area contributed by atoms with Crippen molar-refractivity contribution in [3.63, 3.8) is 0 Å². The van der Waals surface area contributed by atoms with E-state index >= 15 is 0 Å². The van der Waals surface area contributed by atoms with Crippen LogP contribution in [0.3, 0.4) is 0 Å². The van der Waals surface area contributed by atoms with Crippen LogP contribution in [-0.2, 0) is 32.8 Å². The van der Waals surface area contributed by atoms with Crippen LogP contribution in [0.5, 0.6) is 0 Å². The Balaban J connectivity index is 0.938. The van der Waals surface area contributed by atoms with Crippen LogP contribution >= 0.6 is 0 Å². The molecule has 468 valence electrons. The molecule has 0 aliphatic carbocycles.